The summed E-state index contributed by atoms with van der Waals surface area (Å²) in [6, 6.07) is 9.13. The van der Waals surface area contributed by atoms with Gasteiger partial charge in [0.2, 0.25) is 5.91 Å². The van der Waals surface area contributed by atoms with E-state index in [0.29, 0.717) is 25.3 Å². The molecule has 29 heavy (non-hydrogen) atoms. The van der Waals surface area contributed by atoms with Crippen molar-refractivity contribution in [2.75, 3.05) is 47.1 Å². The molecule has 0 atom stereocenters. The molecular weight excluding hydrogens is 377 g/mol. The maximum Gasteiger partial charge on any atom is 0.254 e. The Balaban J connectivity index is 2.14. The average molecular weight is 405 g/mol. The van der Waals surface area contributed by atoms with Crippen molar-refractivity contribution in [3.05, 3.63) is 59.7 Å². The van der Waals surface area contributed by atoms with Gasteiger partial charge in [-0.3, -0.25) is 9.59 Å². The number of rotatable bonds is 11. The first-order valence-electron chi connectivity index (χ1n) is 9.37. The van der Waals surface area contributed by atoms with Gasteiger partial charge in [-0.1, -0.05) is 0 Å². The predicted molar refractivity (Wildman–Crippen MR) is 107 cm³/mol. The Morgan fingerprint density at radius 3 is 2.17 bits per heavy atom. The van der Waals surface area contributed by atoms with Crippen LogP contribution in [0, 0.1) is 5.82 Å². The molecule has 0 aliphatic carbocycles. The number of hydrogen-bond donors (Lipinski definition) is 0. The Morgan fingerprint density at radius 1 is 1.00 bits per heavy atom. The number of carbonyl (C=O) groups is 2. The van der Waals surface area contributed by atoms with Gasteiger partial charge < -0.3 is 23.8 Å². The lowest BCUT2D eigenvalue weighted by molar-refractivity contribution is -0.133. The Morgan fingerprint density at radius 2 is 1.62 bits per heavy atom. The zero-order chi connectivity index (χ0) is 21.2. The number of ether oxygens (including phenoxy) is 2. The Labute approximate surface area is 170 Å². The van der Waals surface area contributed by atoms with E-state index in [9.17, 15) is 14.0 Å². The third-order valence-corrected chi connectivity index (χ3v) is 4.59. The fraction of sp³-hybridized carbons (Fsp3) is 0.429. The standard InChI is InChI=1S/C21H28FN3O4/c1-23-10-4-5-19(23)15-24(11-13-28-2)20(26)16-25(12-14-29-3)21(27)17-6-8-18(22)9-7-17/h4-10H,11-16H2,1-3H3. The molecule has 0 N–H and O–H groups in total. The minimum absolute atomic E-state index is 0.103. The average Bonchev–Trinajstić information content (AvgIpc) is 3.12. The van der Waals surface area contributed by atoms with Gasteiger partial charge in [0.1, 0.15) is 12.4 Å². The number of amides is 2. The van der Waals surface area contributed by atoms with Crippen LogP contribution >= 0.6 is 0 Å². The summed E-state index contributed by atoms with van der Waals surface area (Å²) < 4.78 is 25.3. The van der Waals surface area contributed by atoms with Crippen LogP contribution in [0.3, 0.4) is 0 Å². The van der Waals surface area contributed by atoms with Crippen LogP contribution in [0.2, 0.25) is 0 Å². The molecule has 0 bridgehead atoms. The molecule has 0 unspecified atom stereocenters. The zero-order valence-corrected chi connectivity index (χ0v) is 17.1. The van der Waals surface area contributed by atoms with Gasteiger partial charge in [-0.05, 0) is 36.4 Å². The number of halogens is 1. The number of carbonyl (C=O) groups excluding carboxylic acids is 2. The zero-order valence-electron chi connectivity index (χ0n) is 17.1. The summed E-state index contributed by atoms with van der Waals surface area (Å²) >= 11 is 0. The number of benzene rings is 1. The van der Waals surface area contributed by atoms with Crippen LogP contribution in [-0.2, 0) is 27.9 Å². The van der Waals surface area contributed by atoms with E-state index in [1.165, 1.54) is 36.3 Å². The number of methoxy groups -OCH3 is 2. The van der Waals surface area contributed by atoms with Crippen molar-refractivity contribution in [1.29, 1.82) is 0 Å². The summed E-state index contributed by atoms with van der Waals surface area (Å²) in [5, 5.41) is 0. The highest BCUT2D eigenvalue weighted by Gasteiger charge is 2.23. The van der Waals surface area contributed by atoms with Crippen molar-refractivity contribution in [2.45, 2.75) is 6.54 Å². The molecule has 2 rings (SSSR count). The molecule has 8 heteroatoms. The highest BCUT2D eigenvalue weighted by molar-refractivity contribution is 5.96. The van der Waals surface area contributed by atoms with Gasteiger partial charge in [-0.2, -0.15) is 0 Å². The molecule has 7 nitrogen and oxygen atoms in total. The molecule has 0 radical (unpaired) electrons. The van der Waals surface area contributed by atoms with Crippen LogP contribution in [0.5, 0.6) is 0 Å². The van der Waals surface area contributed by atoms with Crippen molar-refractivity contribution in [1.82, 2.24) is 14.4 Å². The van der Waals surface area contributed by atoms with Crippen LogP contribution in [0.4, 0.5) is 4.39 Å². The van der Waals surface area contributed by atoms with E-state index in [1.807, 2.05) is 29.9 Å². The van der Waals surface area contributed by atoms with Crippen molar-refractivity contribution in [3.63, 3.8) is 0 Å². The topological polar surface area (TPSA) is 64.0 Å². The molecular formula is C21H28FN3O4. The first-order valence-corrected chi connectivity index (χ1v) is 9.37. The van der Waals surface area contributed by atoms with Gasteiger partial charge in [0.05, 0.1) is 19.8 Å². The highest BCUT2D eigenvalue weighted by Crippen LogP contribution is 2.10. The second kappa shape index (κ2) is 11.3. The van der Waals surface area contributed by atoms with Gasteiger partial charge in [-0.15, -0.1) is 0 Å². The maximum absolute atomic E-state index is 13.2. The summed E-state index contributed by atoms with van der Waals surface area (Å²) in [4.78, 5) is 29.0. The van der Waals surface area contributed by atoms with Crippen LogP contribution < -0.4 is 0 Å². The van der Waals surface area contributed by atoms with E-state index < -0.39 is 5.82 Å². The summed E-state index contributed by atoms with van der Waals surface area (Å²) in [6.07, 6.45) is 1.91. The van der Waals surface area contributed by atoms with E-state index in [2.05, 4.69) is 0 Å². The van der Waals surface area contributed by atoms with E-state index in [-0.39, 0.29) is 31.5 Å². The third-order valence-electron chi connectivity index (χ3n) is 4.59. The summed E-state index contributed by atoms with van der Waals surface area (Å²) in [5.74, 6) is -0.967. The van der Waals surface area contributed by atoms with Gasteiger partial charge in [0.25, 0.3) is 5.91 Å². The largest absolute Gasteiger partial charge is 0.383 e. The third kappa shape index (κ3) is 6.69. The van der Waals surface area contributed by atoms with Gasteiger partial charge >= 0.3 is 0 Å². The van der Waals surface area contributed by atoms with Crippen molar-refractivity contribution >= 4 is 11.8 Å². The van der Waals surface area contributed by atoms with Gasteiger partial charge in [0.15, 0.2) is 0 Å². The summed E-state index contributed by atoms with van der Waals surface area (Å²) in [7, 11) is 5.02. The fourth-order valence-corrected chi connectivity index (χ4v) is 2.84. The van der Waals surface area contributed by atoms with Crippen molar-refractivity contribution in [3.8, 4) is 0 Å². The molecule has 0 spiro atoms. The molecule has 0 fully saturated rings. The molecule has 2 aromatic rings. The molecule has 1 aromatic carbocycles. The first kappa shape index (κ1) is 22.6. The minimum Gasteiger partial charge on any atom is -0.383 e. The quantitative estimate of drug-likeness (QED) is 0.573. The highest BCUT2D eigenvalue weighted by atomic mass is 19.1. The molecule has 0 saturated heterocycles. The fourth-order valence-electron chi connectivity index (χ4n) is 2.84. The SMILES string of the molecule is COCCN(Cc1cccn1C)C(=O)CN(CCOC)C(=O)c1ccc(F)cc1. The van der Waals surface area contributed by atoms with Gasteiger partial charge in [-0.25, -0.2) is 4.39 Å². The summed E-state index contributed by atoms with van der Waals surface area (Å²) in [5.41, 5.74) is 1.30. The molecule has 0 saturated carbocycles. The molecule has 1 aromatic heterocycles. The van der Waals surface area contributed by atoms with Crippen LogP contribution in [0.15, 0.2) is 42.6 Å². The lowest BCUT2D eigenvalue weighted by atomic mass is 10.2. The molecule has 158 valence electrons. The maximum atomic E-state index is 13.2. The molecule has 2 amide bonds. The minimum atomic E-state index is -0.422. The Bertz CT molecular complexity index is 791. The molecule has 0 aliphatic rings. The van der Waals surface area contributed by atoms with Crippen LogP contribution in [0.25, 0.3) is 0 Å². The van der Waals surface area contributed by atoms with E-state index in [4.69, 9.17) is 9.47 Å². The number of nitrogens with zero attached hydrogens (tertiary/aromatic N) is 3. The van der Waals surface area contributed by atoms with Crippen LogP contribution in [0.1, 0.15) is 16.1 Å². The predicted octanol–water partition coefficient (Wildman–Crippen LogP) is 1.93. The van der Waals surface area contributed by atoms with E-state index >= 15 is 0 Å². The number of hydrogen-bond acceptors (Lipinski definition) is 4. The van der Waals surface area contributed by atoms with E-state index in [1.54, 1.807) is 12.0 Å². The normalized spacial score (nSPS) is 10.8. The second-order valence-corrected chi connectivity index (χ2v) is 6.64. The van der Waals surface area contributed by atoms with Crippen molar-refractivity contribution in [2.24, 2.45) is 7.05 Å². The molecule has 1 heterocycles. The second-order valence-electron chi connectivity index (χ2n) is 6.64. The lowest BCUT2D eigenvalue weighted by Gasteiger charge is -2.28. The molecule has 0 aliphatic heterocycles. The van der Waals surface area contributed by atoms with Crippen molar-refractivity contribution < 1.29 is 23.5 Å². The van der Waals surface area contributed by atoms with Crippen LogP contribution in [-0.4, -0.2) is 73.2 Å². The Kier molecular flexibility index (Phi) is 8.82. The monoisotopic (exact) mass is 405 g/mol. The summed E-state index contributed by atoms with van der Waals surface area (Å²) in [6.45, 7) is 1.64. The number of aryl methyl sites for hydroxylation is 1. The van der Waals surface area contributed by atoms with E-state index in [0.717, 1.165) is 5.69 Å². The van der Waals surface area contributed by atoms with Gasteiger partial charge in [0, 0.05) is 51.8 Å². The Hall–Kier alpha value is -2.71. The first-order chi connectivity index (χ1) is 14.0. The smallest absolute Gasteiger partial charge is 0.254 e. The lowest BCUT2D eigenvalue weighted by Crippen LogP contribution is -2.45. The number of aromatic nitrogens is 1.